The minimum absolute atomic E-state index is 0.263. The van der Waals surface area contributed by atoms with Gasteiger partial charge in [0.15, 0.2) is 11.6 Å². The zero-order valence-electron chi connectivity index (χ0n) is 11.8. The third-order valence-corrected chi connectivity index (χ3v) is 3.20. The fourth-order valence-corrected chi connectivity index (χ4v) is 2.05. The van der Waals surface area contributed by atoms with E-state index in [0.717, 1.165) is 18.5 Å². The van der Waals surface area contributed by atoms with Crippen LogP contribution in [0, 0.1) is 17.7 Å². The molecule has 0 fully saturated rings. The average molecular weight is 253 g/mol. The summed E-state index contributed by atoms with van der Waals surface area (Å²) in [6.07, 6.45) is 0.891. The molecule has 0 aliphatic rings. The predicted octanol–water partition coefficient (Wildman–Crippen LogP) is 3.26. The van der Waals surface area contributed by atoms with Gasteiger partial charge in [-0.2, -0.15) is 0 Å². The molecule has 2 nitrogen and oxygen atoms in total. The highest BCUT2D eigenvalue weighted by Crippen LogP contribution is 2.22. The Morgan fingerprint density at radius 1 is 1.33 bits per heavy atom. The van der Waals surface area contributed by atoms with Crippen molar-refractivity contribution in [2.75, 3.05) is 20.2 Å². The van der Waals surface area contributed by atoms with Gasteiger partial charge in [-0.15, -0.1) is 0 Å². The zero-order valence-corrected chi connectivity index (χ0v) is 11.8. The molecular weight excluding hydrogens is 229 g/mol. The maximum atomic E-state index is 13.7. The number of rotatable bonds is 7. The summed E-state index contributed by atoms with van der Waals surface area (Å²) in [6, 6.07) is 5.28. The van der Waals surface area contributed by atoms with Crippen LogP contribution in [0.15, 0.2) is 18.2 Å². The second kappa shape index (κ2) is 7.37. The minimum Gasteiger partial charge on any atom is -0.491 e. The minimum atomic E-state index is -0.263. The van der Waals surface area contributed by atoms with Crippen LogP contribution in [-0.4, -0.2) is 20.2 Å². The summed E-state index contributed by atoms with van der Waals surface area (Å²) in [5, 5.41) is 3.20. The lowest BCUT2D eigenvalue weighted by Crippen LogP contribution is -2.25. The zero-order chi connectivity index (χ0) is 13.5. The maximum Gasteiger partial charge on any atom is 0.165 e. The predicted molar refractivity (Wildman–Crippen MR) is 73.5 cm³/mol. The van der Waals surface area contributed by atoms with Gasteiger partial charge >= 0.3 is 0 Å². The first-order valence-corrected chi connectivity index (χ1v) is 6.64. The number of benzene rings is 1. The van der Waals surface area contributed by atoms with Gasteiger partial charge in [0.1, 0.15) is 0 Å². The Morgan fingerprint density at radius 3 is 2.56 bits per heavy atom. The van der Waals surface area contributed by atoms with Gasteiger partial charge in [-0.25, -0.2) is 4.39 Å². The first kappa shape index (κ1) is 15.0. The lowest BCUT2D eigenvalue weighted by Gasteiger charge is -2.20. The van der Waals surface area contributed by atoms with Gasteiger partial charge in [0.25, 0.3) is 0 Å². The topological polar surface area (TPSA) is 21.3 Å². The number of ether oxygens (including phenoxy) is 1. The molecule has 1 rings (SSSR count). The molecule has 0 heterocycles. The van der Waals surface area contributed by atoms with Crippen molar-refractivity contribution in [3.63, 3.8) is 0 Å². The van der Waals surface area contributed by atoms with Crippen LogP contribution in [0.2, 0.25) is 0 Å². The Balaban J connectivity index is 2.74. The smallest absolute Gasteiger partial charge is 0.165 e. The third-order valence-electron chi connectivity index (χ3n) is 3.20. The van der Waals surface area contributed by atoms with Crippen molar-refractivity contribution < 1.29 is 9.13 Å². The van der Waals surface area contributed by atoms with Crippen molar-refractivity contribution in [2.24, 2.45) is 11.8 Å². The molecule has 0 saturated carbocycles. The summed E-state index contributed by atoms with van der Waals surface area (Å²) < 4.78 is 18.9. The fourth-order valence-electron chi connectivity index (χ4n) is 2.05. The third kappa shape index (κ3) is 4.30. The normalized spacial score (nSPS) is 12.8. The first-order chi connectivity index (χ1) is 8.58. The van der Waals surface area contributed by atoms with E-state index in [2.05, 4.69) is 19.2 Å². The molecular formula is C15H24FNO. The number of halogens is 1. The number of hydrogen-bond acceptors (Lipinski definition) is 2. The molecule has 0 spiro atoms. The van der Waals surface area contributed by atoms with E-state index in [0.29, 0.717) is 24.2 Å². The molecule has 1 N–H and O–H groups in total. The summed E-state index contributed by atoms with van der Waals surface area (Å²) >= 11 is 0. The molecule has 0 aliphatic heterocycles. The van der Waals surface area contributed by atoms with Gasteiger partial charge in [0, 0.05) is 0 Å². The average Bonchev–Trinajstić information content (AvgIpc) is 2.32. The van der Waals surface area contributed by atoms with Crippen LogP contribution in [0.3, 0.4) is 0 Å². The monoisotopic (exact) mass is 253 g/mol. The van der Waals surface area contributed by atoms with E-state index < -0.39 is 0 Å². The van der Waals surface area contributed by atoms with Gasteiger partial charge in [0.2, 0.25) is 0 Å². The Kier molecular flexibility index (Phi) is 6.13. The Labute approximate surface area is 110 Å². The second-order valence-electron chi connectivity index (χ2n) is 4.96. The number of hydrogen-bond donors (Lipinski definition) is 1. The molecule has 3 heteroatoms. The summed E-state index contributed by atoms with van der Waals surface area (Å²) in [6.45, 7) is 7.70. The summed E-state index contributed by atoms with van der Waals surface area (Å²) in [5.41, 5.74) is 1.03. The van der Waals surface area contributed by atoms with Crippen molar-refractivity contribution in [1.82, 2.24) is 5.32 Å². The van der Waals surface area contributed by atoms with Crippen LogP contribution in [-0.2, 0) is 6.42 Å². The standard InChI is InChI=1S/C15H24FNO/c1-5-18-15-7-6-12(9-14(15)16)8-13(10-17-4)11(2)3/h6-7,9,11,13,17H,5,8,10H2,1-4H3. The fraction of sp³-hybridized carbons (Fsp3) is 0.600. The molecule has 0 aliphatic carbocycles. The van der Waals surface area contributed by atoms with Crippen LogP contribution in [0.25, 0.3) is 0 Å². The van der Waals surface area contributed by atoms with Crippen LogP contribution in [0.5, 0.6) is 5.75 Å². The summed E-state index contributed by atoms with van der Waals surface area (Å²) in [7, 11) is 1.95. The van der Waals surface area contributed by atoms with Crippen molar-refractivity contribution in [2.45, 2.75) is 27.2 Å². The van der Waals surface area contributed by atoms with E-state index in [1.54, 1.807) is 12.1 Å². The molecule has 102 valence electrons. The quantitative estimate of drug-likeness (QED) is 0.805. The summed E-state index contributed by atoms with van der Waals surface area (Å²) in [4.78, 5) is 0. The molecule has 0 bridgehead atoms. The second-order valence-corrected chi connectivity index (χ2v) is 4.96. The van der Waals surface area contributed by atoms with E-state index in [1.807, 2.05) is 20.0 Å². The highest BCUT2D eigenvalue weighted by atomic mass is 19.1. The van der Waals surface area contributed by atoms with E-state index in [1.165, 1.54) is 0 Å². The van der Waals surface area contributed by atoms with Crippen LogP contribution >= 0.6 is 0 Å². The lowest BCUT2D eigenvalue weighted by molar-refractivity contribution is 0.320. The van der Waals surface area contributed by atoms with E-state index in [4.69, 9.17) is 4.74 Å². The van der Waals surface area contributed by atoms with Crippen LogP contribution < -0.4 is 10.1 Å². The van der Waals surface area contributed by atoms with Gasteiger partial charge < -0.3 is 10.1 Å². The van der Waals surface area contributed by atoms with E-state index in [-0.39, 0.29) is 5.82 Å². The van der Waals surface area contributed by atoms with Gasteiger partial charge in [0.05, 0.1) is 6.61 Å². The molecule has 1 atom stereocenters. The molecule has 0 aromatic heterocycles. The maximum absolute atomic E-state index is 13.7. The highest BCUT2D eigenvalue weighted by Gasteiger charge is 2.14. The van der Waals surface area contributed by atoms with Gasteiger partial charge in [-0.1, -0.05) is 19.9 Å². The molecule has 0 saturated heterocycles. The molecule has 18 heavy (non-hydrogen) atoms. The Morgan fingerprint density at radius 2 is 2.06 bits per heavy atom. The Bertz CT molecular complexity index is 366. The largest absolute Gasteiger partial charge is 0.491 e. The van der Waals surface area contributed by atoms with Crippen molar-refractivity contribution >= 4 is 0 Å². The first-order valence-electron chi connectivity index (χ1n) is 6.64. The van der Waals surface area contributed by atoms with Crippen LogP contribution in [0.4, 0.5) is 4.39 Å². The SMILES string of the molecule is CCOc1ccc(CC(CNC)C(C)C)cc1F. The van der Waals surface area contributed by atoms with E-state index >= 15 is 0 Å². The van der Waals surface area contributed by atoms with E-state index in [9.17, 15) is 4.39 Å². The lowest BCUT2D eigenvalue weighted by atomic mass is 9.89. The molecule has 1 aromatic carbocycles. The van der Waals surface area contributed by atoms with Crippen molar-refractivity contribution in [1.29, 1.82) is 0 Å². The number of nitrogens with one attached hydrogen (secondary N) is 1. The molecule has 0 radical (unpaired) electrons. The van der Waals surface area contributed by atoms with Crippen molar-refractivity contribution in [3.8, 4) is 5.75 Å². The van der Waals surface area contributed by atoms with Crippen LogP contribution in [0.1, 0.15) is 26.3 Å². The molecule has 1 unspecified atom stereocenters. The molecule has 1 aromatic rings. The van der Waals surface area contributed by atoms with Gasteiger partial charge in [-0.3, -0.25) is 0 Å². The Hall–Kier alpha value is -1.09. The van der Waals surface area contributed by atoms with Gasteiger partial charge in [-0.05, 0) is 56.5 Å². The molecule has 0 amide bonds. The van der Waals surface area contributed by atoms with Crippen molar-refractivity contribution in [3.05, 3.63) is 29.6 Å². The highest BCUT2D eigenvalue weighted by molar-refractivity contribution is 5.29. The summed E-state index contributed by atoms with van der Waals surface area (Å²) in [5.74, 6) is 1.18.